The molecule has 0 bridgehead atoms. The highest BCUT2D eigenvalue weighted by atomic mass is 16.5. The second-order valence-corrected chi connectivity index (χ2v) is 6.43. The van der Waals surface area contributed by atoms with Crippen LogP contribution in [0.25, 0.3) is 5.57 Å². The van der Waals surface area contributed by atoms with Gasteiger partial charge in [-0.25, -0.2) is 4.79 Å². The van der Waals surface area contributed by atoms with Gasteiger partial charge >= 0.3 is 5.97 Å². The van der Waals surface area contributed by atoms with Crippen molar-refractivity contribution in [3.05, 3.63) is 53.9 Å². The first-order chi connectivity index (χ1) is 13.1. The van der Waals surface area contributed by atoms with E-state index in [2.05, 4.69) is 21.4 Å². The van der Waals surface area contributed by atoms with Crippen LogP contribution in [0.1, 0.15) is 29.3 Å². The van der Waals surface area contributed by atoms with Gasteiger partial charge in [0.1, 0.15) is 0 Å². The number of amides is 1. The maximum absolute atomic E-state index is 12.4. The molecule has 1 aliphatic rings. The van der Waals surface area contributed by atoms with Crippen LogP contribution in [0.15, 0.2) is 42.7 Å². The molecule has 27 heavy (non-hydrogen) atoms. The van der Waals surface area contributed by atoms with Gasteiger partial charge in [-0.05, 0) is 31.1 Å². The fourth-order valence-corrected chi connectivity index (χ4v) is 3.08. The number of esters is 1. The third-order valence-electron chi connectivity index (χ3n) is 4.43. The number of benzene rings is 1. The Labute approximate surface area is 158 Å². The zero-order chi connectivity index (χ0) is 19.2. The van der Waals surface area contributed by atoms with Crippen LogP contribution in [0.2, 0.25) is 0 Å². The Balaban J connectivity index is 1.58. The number of rotatable bonds is 6. The van der Waals surface area contributed by atoms with Crippen LogP contribution in [-0.2, 0) is 16.6 Å². The highest BCUT2D eigenvalue weighted by Crippen LogP contribution is 2.22. The normalized spacial score (nSPS) is 14.5. The minimum absolute atomic E-state index is 0.148. The van der Waals surface area contributed by atoms with Crippen molar-refractivity contribution in [2.75, 3.05) is 31.6 Å². The Hall–Kier alpha value is -2.93. The molecule has 0 radical (unpaired) electrons. The van der Waals surface area contributed by atoms with Crippen molar-refractivity contribution < 1.29 is 14.3 Å². The summed E-state index contributed by atoms with van der Waals surface area (Å²) in [7, 11) is 1.90. The van der Waals surface area contributed by atoms with Crippen molar-refractivity contribution in [2.24, 2.45) is 7.05 Å². The topological polar surface area (TPSA) is 76.5 Å². The summed E-state index contributed by atoms with van der Waals surface area (Å²) in [6, 6.07) is 6.89. The molecule has 2 aromatic rings. The Bertz CT molecular complexity index is 856. The highest BCUT2D eigenvalue weighted by molar-refractivity contribution is 6.01. The molecule has 0 saturated carbocycles. The molecule has 0 aliphatic carbocycles. The van der Waals surface area contributed by atoms with Gasteiger partial charge in [-0.2, -0.15) is 5.10 Å². The first-order valence-electron chi connectivity index (χ1n) is 9.03. The maximum Gasteiger partial charge on any atom is 0.340 e. The minimum Gasteiger partial charge on any atom is -0.462 e. The lowest BCUT2D eigenvalue weighted by Crippen LogP contribution is -2.36. The van der Waals surface area contributed by atoms with Crippen molar-refractivity contribution in [1.29, 1.82) is 0 Å². The van der Waals surface area contributed by atoms with Gasteiger partial charge in [-0.1, -0.05) is 18.2 Å². The predicted molar refractivity (Wildman–Crippen MR) is 103 cm³/mol. The van der Waals surface area contributed by atoms with Gasteiger partial charge in [0.2, 0.25) is 5.91 Å². The number of hydrogen-bond donors (Lipinski definition) is 1. The van der Waals surface area contributed by atoms with Crippen LogP contribution in [0.5, 0.6) is 0 Å². The maximum atomic E-state index is 12.4. The molecule has 1 aliphatic heterocycles. The number of aromatic nitrogens is 2. The lowest BCUT2D eigenvalue weighted by molar-refractivity contribution is -0.117. The Morgan fingerprint density at radius 3 is 2.78 bits per heavy atom. The number of hydrogen-bond acceptors (Lipinski definition) is 5. The minimum atomic E-state index is -0.435. The summed E-state index contributed by atoms with van der Waals surface area (Å²) in [5, 5.41) is 7.03. The molecule has 1 aromatic heterocycles. The molecule has 0 spiro atoms. The number of nitrogens with zero attached hydrogens (tertiary/aromatic N) is 3. The number of anilines is 1. The van der Waals surface area contributed by atoms with E-state index < -0.39 is 5.97 Å². The summed E-state index contributed by atoms with van der Waals surface area (Å²) in [6.45, 7) is 3.82. The van der Waals surface area contributed by atoms with Gasteiger partial charge in [-0.3, -0.25) is 14.4 Å². The van der Waals surface area contributed by atoms with Gasteiger partial charge < -0.3 is 10.1 Å². The van der Waals surface area contributed by atoms with Crippen LogP contribution >= 0.6 is 0 Å². The number of ether oxygens (including phenoxy) is 1. The van der Waals surface area contributed by atoms with E-state index in [0.717, 1.165) is 18.5 Å². The monoisotopic (exact) mass is 368 g/mol. The smallest absolute Gasteiger partial charge is 0.340 e. The summed E-state index contributed by atoms with van der Waals surface area (Å²) < 4.78 is 6.83. The molecule has 2 heterocycles. The first kappa shape index (κ1) is 18.8. The molecule has 1 aromatic carbocycles. The standard InChI is InChI=1S/C20H24N4O3/c1-3-27-20(26)17-6-4-5-7-18(17)22-19(25)14-24-10-8-15(9-11-24)16-12-21-23(2)13-16/h4-8,12-13H,3,9-11,14H2,1-2H3,(H,22,25). The third kappa shape index (κ3) is 4.83. The SMILES string of the molecule is CCOC(=O)c1ccccc1NC(=O)CN1CC=C(c2cnn(C)c2)CC1. The van der Waals surface area contributed by atoms with E-state index in [0.29, 0.717) is 24.4 Å². The summed E-state index contributed by atoms with van der Waals surface area (Å²) in [5.41, 5.74) is 3.23. The van der Waals surface area contributed by atoms with Gasteiger partial charge in [0.05, 0.1) is 30.6 Å². The molecule has 7 heteroatoms. The number of carbonyl (C=O) groups is 2. The van der Waals surface area contributed by atoms with Crippen molar-refractivity contribution in [2.45, 2.75) is 13.3 Å². The average Bonchev–Trinajstić information content (AvgIpc) is 3.09. The van der Waals surface area contributed by atoms with Crippen molar-refractivity contribution in [3.8, 4) is 0 Å². The third-order valence-corrected chi connectivity index (χ3v) is 4.43. The number of carbonyl (C=O) groups excluding carboxylic acids is 2. The molecule has 0 fully saturated rings. The summed E-state index contributed by atoms with van der Waals surface area (Å²) in [5.74, 6) is -0.583. The largest absolute Gasteiger partial charge is 0.462 e. The van der Waals surface area contributed by atoms with E-state index >= 15 is 0 Å². The van der Waals surface area contributed by atoms with E-state index in [1.165, 1.54) is 5.57 Å². The van der Waals surface area contributed by atoms with Crippen LogP contribution in [-0.4, -0.2) is 52.8 Å². The zero-order valence-electron chi connectivity index (χ0n) is 15.6. The predicted octanol–water partition coefficient (Wildman–Crippen LogP) is 2.32. The van der Waals surface area contributed by atoms with E-state index in [9.17, 15) is 9.59 Å². The molecular formula is C20H24N4O3. The number of nitrogens with one attached hydrogen (secondary N) is 1. The second kappa shape index (κ2) is 8.64. The first-order valence-corrected chi connectivity index (χ1v) is 9.03. The molecule has 0 unspecified atom stereocenters. The number of para-hydroxylation sites is 1. The van der Waals surface area contributed by atoms with Crippen LogP contribution in [0.3, 0.4) is 0 Å². The van der Waals surface area contributed by atoms with Crippen LogP contribution in [0.4, 0.5) is 5.69 Å². The van der Waals surface area contributed by atoms with Gasteiger partial charge in [0.15, 0.2) is 0 Å². The van der Waals surface area contributed by atoms with E-state index in [1.54, 1.807) is 35.9 Å². The second-order valence-electron chi connectivity index (χ2n) is 6.43. The van der Waals surface area contributed by atoms with Crippen molar-refractivity contribution in [1.82, 2.24) is 14.7 Å². The summed E-state index contributed by atoms with van der Waals surface area (Å²) in [4.78, 5) is 26.5. The molecule has 0 atom stereocenters. The number of aryl methyl sites for hydroxylation is 1. The molecule has 3 rings (SSSR count). The van der Waals surface area contributed by atoms with Gasteiger partial charge in [-0.15, -0.1) is 0 Å². The molecule has 142 valence electrons. The van der Waals surface area contributed by atoms with E-state index in [4.69, 9.17) is 4.74 Å². The van der Waals surface area contributed by atoms with Gasteiger partial charge in [0, 0.05) is 31.9 Å². The average molecular weight is 368 g/mol. The Morgan fingerprint density at radius 2 is 2.11 bits per heavy atom. The van der Waals surface area contributed by atoms with Crippen LogP contribution in [0, 0.1) is 0 Å². The van der Waals surface area contributed by atoms with Crippen LogP contribution < -0.4 is 5.32 Å². The lowest BCUT2D eigenvalue weighted by Gasteiger charge is -2.25. The Kier molecular flexibility index (Phi) is 6.03. The van der Waals surface area contributed by atoms with E-state index in [1.807, 2.05) is 19.4 Å². The fraction of sp³-hybridized carbons (Fsp3) is 0.350. The van der Waals surface area contributed by atoms with Gasteiger partial charge in [0.25, 0.3) is 0 Å². The molecular weight excluding hydrogens is 344 g/mol. The Morgan fingerprint density at radius 1 is 1.30 bits per heavy atom. The quantitative estimate of drug-likeness (QED) is 0.792. The molecule has 7 nitrogen and oxygen atoms in total. The fourth-order valence-electron chi connectivity index (χ4n) is 3.08. The van der Waals surface area contributed by atoms with Crippen molar-refractivity contribution in [3.63, 3.8) is 0 Å². The zero-order valence-corrected chi connectivity index (χ0v) is 15.6. The molecule has 0 saturated heterocycles. The lowest BCUT2D eigenvalue weighted by atomic mass is 10.0. The van der Waals surface area contributed by atoms with Crippen molar-refractivity contribution >= 4 is 23.1 Å². The summed E-state index contributed by atoms with van der Waals surface area (Å²) >= 11 is 0. The highest BCUT2D eigenvalue weighted by Gasteiger charge is 2.18. The van der Waals surface area contributed by atoms with E-state index in [-0.39, 0.29) is 12.5 Å². The molecule has 1 amide bonds. The summed E-state index contributed by atoms with van der Waals surface area (Å²) in [6.07, 6.45) is 6.87. The molecule has 1 N–H and O–H groups in total.